The molecule has 0 aromatic carbocycles. The summed E-state index contributed by atoms with van der Waals surface area (Å²) in [6, 6.07) is 3.46. The van der Waals surface area contributed by atoms with Crippen LogP contribution in [0.15, 0.2) is 24.3 Å². The molecule has 5 heteroatoms. The maximum Gasteiger partial charge on any atom is 0.487 e. The average molecular weight is 259 g/mol. The van der Waals surface area contributed by atoms with Gasteiger partial charge in [-0.3, -0.25) is 9.78 Å². The maximum absolute atomic E-state index is 10.9. The number of carbonyl (C=O) groups is 1. The van der Waals surface area contributed by atoms with E-state index in [0.717, 1.165) is 6.29 Å². The summed E-state index contributed by atoms with van der Waals surface area (Å²) < 4.78 is 11.7. The number of aromatic nitrogens is 1. The number of nitrogens with zero attached hydrogens (tertiary/aromatic N) is 1. The highest BCUT2D eigenvalue weighted by molar-refractivity contribution is 6.52. The third kappa shape index (κ3) is 2.77. The predicted molar refractivity (Wildman–Crippen MR) is 74.7 cm³/mol. The molecule has 0 atom stereocenters. The van der Waals surface area contributed by atoms with Gasteiger partial charge in [0.05, 0.1) is 16.9 Å². The summed E-state index contributed by atoms with van der Waals surface area (Å²) in [6.45, 7) is 7.99. The Morgan fingerprint density at radius 2 is 1.84 bits per heavy atom. The first-order valence-corrected chi connectivity index (χ1v) is 6.30. The van der Waals surface area contributed by atoms with E-state index in [1.807, 2.05) is 27.7 Å². The molecule has 2 heterocycles. The smallest absolute Gasteiger partial charge is 0.400 e. The van der Waals surface area contributed by atoms with Crippen LogP contribution in [0.2, 0.25) is 0 Å². The van der Waals surface area contributed by atoms with Crippen LogP contribution in [0.25, 0.3) is 6.08 Å². The van der Waals surface area contributed by atoms with Crippen LogP contribution < -0.4 is 0 Å². The second-order valence-corrected chi connectivity index (χ2v) is 5.58. The summed E-state index contributed by atoms with van der Waals surface area (Å²) in [5, 5.41) is 0. The molecule has 0 spiro atoms. The highest BCUT2D eigenvalue weighted by atomic mass is 16.7. The molecule has 0 N–H and O–H groups in total. The first kappa shape index (κ1) is 14.0. The second kappa shape index (κ2) is 4.91. The van der Waals surface area contributed by atoms with Gasteiger partial charge in [0.25, 0.3) is 0 Å². The molecular weight excluding hydrogens is 241 g/mol. The van der Waals surface area contributed by atoms with Crippen LogP contribution in [-0.4, -0.2) is 29.6 Å². The van der Waals surface area contributed by atoms with Gasteiger partial charge < -0.3 is 9.31 Å². The van der Waals surface area contributed by atoms with Gasteiger partial charge in [-0.15, -0.1) is 0 Å². The molecule has 4 nitrogen and oxygen atoms in total. The quantitative estimate of drug-likeness (QED) is 0.618. The van der Waals surface area contributed by atoms with Crippen molar-refractivity contribution >= 4 is 19.5 Å². The Morgan fingerprint density at radius 3 is 2.42 bits per heavy atom. The molecule has 1 aromatic heterocycles. The second-order valence-electron chi connectivity index (χ2n) is 5.58. The topological polar surface area (TPSA) is 48.4 Å². The largest absolute Gasteiger partial charge is 0.487 e. The fourth-order valence-electron chi connectivity index (χ4n) is 1.81. The normalized spacial score (nSPS) is 20.9. The van der Waals surface area contributed by atoms with Gasteiger partial charge in [0, 0.05) is 11.8 Å². The summed E-state index contributed by atoms with van der Waals surface area (Å²) in [7, 11) is -0.425. The lowest BCUT2D eigenvalue weighted by Crippen LogP contribution is -2.41. The van der Waals surface area contributed by atoms with Crippen molar-refractivity contribution < 1.29 is 14.1 Å². The first-order chi connectivity index (χ1) is 8.86. The summed E-state index contributed by atoms with van der Waals surface area (Å²) in [4.78, 5) is 15.0. The third-order valence-corrected chi connectivity index (χ3v) is 3.68. The number of rotatable bonds is 3. The lowest BCUT2D eigenvalue weighted by Gasteiger charge is -2.32. The predicted octanol–water partition coefficient (Wildman–Crippen LogP) is 2.54. The molecule has 1 saturated heterocycles. The first-order valence-electron chi connectivity index (χ1n) is 6.30. The van der Waals surface area contributed by atoms with Crippen molar-refractivity contribution in [2.75, 3.05) is 0 Å². The molecular formula is C14H18BNO3. The number of carbonyl (C=O) groups excluding carboxylic acids is 1. The van der Waals surface area contributed by atoms with Crippen molar-refractivity contribution in [3.8, 4) is 0 Å². The van der Waals surface area contributed by atoms with Crippen molar-refractivity contribution in [3.05, 3.63) is 35.6 Å². The van der Waals surface area contributed by atoms with Crippen LogP contribution >= 0.6 is 0 Å². The molecule has 0 unspecified atom stereocenters. The zero-order valence-corrected chi connectivity index (χ0v) is 11.7. The minimum Gasteiger partial charge on any atom is -0.400 e. The Kier molecular flexibility index (Phi) is 3.61. The van der Waals surface area contributed by atoms with Crippen LogP contribution in [0, 0.1) is 0 Å². The summed E-state index contributed by atoms with van der Waals surface area (Å²) >= 11 is 0. The molecule has 2 rings (SSSR count). The summed E-state index contributed by atoms with van der Waals surface area (Å²) in [5.41, 5.74) is 0.446. The average Bonchev–Trinajstić information content (AvgIpc) is 2.55. The molecule has 1 aliphatic heterocycles. The van der Waals surface area contributed by atoms with Crippen molar-refractivity contribution in [2.45, 2.75) is 38.9 Å². The summed E-state index contributed by atoms with van der Waals surface area (Å²) in [6.07, 6.45) is 4.19. The van der Waals surface area contributed by atoms with E-state index >= 15 is 0 Å². The number of pyridine rings is 1. The fourth-order valence-corrected chi connectivity index (χ4v) is 1.81. The van der Waals surface area contributed by atoms with Gasteiger partial charge in [-0.1, -0.05) is 5.98 Å². The van der Waals surface area contributed by atoms with Gasteiger partial charge in [-0.25, -0.2) is 0 Å². The van der Waals surface area contributed by atoms with E-state index in [1.165, 1.54) is 0 Å². The molecule has 1 aromatic rings. The van der Waals surface area contributed by atoms with Gasteiger partial charge in [0.1, 0.15) is 0 Å². The van der Waals surface area contributed by atoms with Gasteiger partial charge in [-0.2, -0.15) is 0 Å². The monoisotopic (exact) mass is 259 g/mol. The summed E-state index contributed by atoms with van der Waals surface area (Å²) in [5.74, 6) is 1.78. The molecule has 0 aliphatic carbocycles. The van der Waals surface area contributed by atoms with E-state index in [1.54, 1.807) is 30.4 Å². The van der Waals surface area contributed by atoms with Crippen LogP contribution in [0.5, 0.6) is 0 Å². The minimum absolute atomic E-state index is 0.361. The Balaban J connectivity index is 2.15. The molecule has 19 heavy (non-hydrogen) atoms. The highest BCUT2D eigenvalue weighted by Crippen LogP contribution is 2.36. The minimum atomic E-state index is -0.425. The maximum atomic E-state index is 10.9. The third-order valence-electron chi connectivity index (χ3n) is 3.68. The van der Waals surface area contributed by atoms with E-state index in [-0.39, 0.29) is 11.2 Å². The van der Waals surface area contributed by atoms with Crippen LogP contribution in [0.4, 0.5) is 0 Å². The van der Waals surface area contributed by atoms with Crippen LogP contribution in [0.3, 0.4) is 0 Å². The number of hydrogen-bond donors (Lipinski definition) is 0. The zero-order valence-electron chi connectivity index (χ0n) is 11.7. The van der Waals surface area contributed by atoms with E-state index in [0.29, 0.717) is 11.3 Å². The van der Waals surface area contributed by atoms with Crippen molar-refractivity contribution in [3.63, 3.8) is 0 Å². The van der Waals surface area contributed by atoms with Gasteiger partial charge >= 0.3 is 7.12 Å². The Labute approximate surface area is 114 Å². The molecule has 100 valence electrons. The lowest BCUT2D eigenvalue weighted by molar-refractivity contribution is 0.00578. The van der Waals surface area contributed by atoms with Crippen LogP contribution in [-0.2, 0) is 9.31 Å². The number of aldehydes is 1. The Bertz CT molecular complexity index is 495. The standard InChI is InChI=1S/C14H18BNO3/c1-13(2)14(3,4)19-15(18-13)8-7-12-11(10-17)6-5-9-16-12/h5-10H,1-4H3/b8-7+. The van der Waals surface area contributed by atoms with E-state index < -0.39 is 7.12 Å². The number of hydrogen-bond acceptors (Lipinski definition) is 4. The van der Waals surface area contributed by atoms with Crippen molar-refractivity contribution in [1.29, 1.82) is 0 Å². The molecule has 1 aliphatic rings. The molecule has 0 saturated carbocycles. The van der Waals surface area contributed by atoms with Crippen molar-refractivity contribution in [2.24, 2.45) is 0 Å². The Morgan fingerprint density at radius 1 is 1.21 bits per heavy atom. The lowest BCUT2D eigenvalue weighted by atomic mass is 9.89. The highest BCUT2D eigenvalue weighted by Gasteiger charge is 2.50. The van der Waals surface area contributed by atoms with Gasteiger partial charge in [0.2, 0.25) is 0 Å². The molecule has 0 bridgehead atoms. The SMILES string of the molecule is CC1(C)OB(/C=C/c2ncccc2C=O)OC1(C)C. The van der Waals surface area contributed by atoms with E-state index in [4.69, 9.17) is 9.31 Å². The molecule has 0 radical (unpaired) electrons. The van der Waals surface area contributed by atoms with Gasteiger partial charge in [0.15, 0.2) is 6.29 Å². The fraction of sp³-hybridized carbons (Fsp3) is 0.429. The van der Waals surface area contributed by atoms with Crippen molar-refractivity contribution in [1.82, 2.24) is 4.98 Å². The van der Waals surface area contributed by atoms with Crippen LogP contribution in [0.1, 0.15) is 43.7 Å². The van der Waals surface area contributed by atoms with E-state index in [9.17, 15) is 4.79 Å². The Hall–Kier alpha value is -1.46. The molecule has 1 fully saturated rings. The van der Waals surface area contributed by atoms with E-state index in [2.05, 4.69) is 4.98 Å². The van der Waals surface area contributed by atoms with Gasteiger partial charge in [-0.05, 0) is 45.9 Å². The zero-order chi connectivity index (χ0) is 14.1. The molecule has 0 amide bonds.